The van der Waals surface area contributed by atoms with Gasteiger partial charge in [-0.3, -0.25) is 10.1 Å². The van der Waals surface area contributed by atoms with Crippen molar-refractivity contribution >= 4 is 16.9 Å². The monoisotopic (exact) mass is 354 g/mol. The lowest BCUT2D eigenvalue weighted by molar-refractivity contribution is -0.139. The van der Waals surface area contributed by atoms with Crippen molar-refractivity contribution in [3.63, 3.8) is 0 Å². The molecule has 0 spiro atoms. The van der Waals surface area contributed by atoms with Gasteiger partial charge in [-0.25, -0.2) is 0 Å². The number of nitrogens with one attached hydrogen (secondary N) is 2. The van der Waals surface area contributed by atoms with Crippen LogP contribution in [-0.2, 0) is 17.8 Å². The Morgan fingerprint density at radius 2 is 1.92 bits per heavy atom. The number of aliphatic carboxylic acids is 1. The van der Waals surface area contributed by atoms with Crippen LogP contribution >= 0.6 is 0 Å². The van der Waals surface area contributed by atoms with Gasteiger partial charge in [-0.2, -0.15) is 0 Å². The largest absolute Gasteiger partial charge is 0.493 e. The minimum Gasteiger partial charge on any atom is -0.493 e. The number of benzene rings is 2. The van der Waals surface area contributed by atoms with Gasteiger partial charge in [-0.15, -0.1) is 0 Å². The Hall–Kier alpha value is -2.99. The highest BCUT2D eigenvalue weighted by molar-refractivity contribution is 5.84. The molecule has 3 rings (SSSR count). The van der Waals surface area contributed by atoms with Crippen molar-refractivity contribution in [3.8, 4) is 11.5 Å². The van der Waals surface area contributed by atoms with Crippen molar-refractivity contribution < 1.29 is 19.4 Å². The summed E-state index contributed by atoms with van der Waals surface area (Å²) < 4.78 is 10.7. The number of carboxylic acids is 1. The smallest absolute Gasteiger partial charge is 0.321 e. The van der Waals surface area contributed by atoms with Crippen molar-refractivity contribution in [2.45, 2.75) is 19.0 Å². The van der Waals surface area contributed by atoms with E-state index < -0.39 is 12.0 Å². The zero-order valence-corrected chi connectivity index (χ0v) is 14.8. The van der Waals surface area contributed by atoms with E-state index in [0.717, 1.165) is 22.0 Å². The molecule has 3 N–H and O–H groups in total. The summed E-state index contributed by atoms with van der Waals surface area (Å²) in [6.45, 7) is 0.361. The summed E-state index contributed by atoms with van der Waals surface area (Å²) in [5, 5.41) is 13.8. The fourth-order valence-electron chi connectivity index (χ4n) is 3.09. The van der Waals surface area contributed by atoms with Crippen molar-refractivity contribution in [1.82, 2.24) is 10.3 Å². The van der Waals surface area contributed by atoms with Crippen LogP contribution in [0.25, 0.3) is 10.9 Å². The van der Waals surface area contributed by atoms with Gasteiger partial charge < -0.3 is 19.6 Å². The van der Waals surface area contributed by atoms with Crippen molar-refractivity contribution in [2.75, 3.05) is 14.2 Å². The molecule has 6 nitrogen and oxygen atoms in total. The molecule has 0 aliphatic rings. The average molecular weight is 354 g/mol. The molecule has 1 atom stereocenters. The number of aromatic nitrogens is 1. The van der Waals surface area contributed by atoms with Gasteiger partial charge in [0.2, 0.25) is 0 Å². The van der Waals surface area contributed by atoms with Gasteiger partial charge in [-0.1, -0.05) is 30.3 Å². The Kier molecular flexibility index (Phi) is 5.43. The maximum atomic E-state index is 11.7. The molecule has 2 aromatic carbocycles. The Bertz CT molecular complexity index is 904. The zero-order valence-electron chi connectivity index (χ0n) is 14.8. The fraction of sp³-hybridized carbons (Fsp3) is 0.250. The van der Waals surface area contributed by atoms with Crippen LogP contribution in [-0.4, -0.2) is 36.3 Å². The number of methoxy groups -OCH3 is 2. The first-order chi connectivity index (χ1) is 12.6. The van der Waals surface area contributed by atoms with E-state index in [1.807, 2.05) is 48.7 Å². The highest BCUT2D eigenvalue weighted by Crippen LogP contribution is 2.30. The number of ether oxygens (including phenoxy) is 2. The molecule has 26 heavy (non-hydrogen) atoms. The van der Waals surface area contributed by atoms with Crippen LogP contribution in [0.2, 0.25) is 0 Å². The summed E-state index contributed by atoms with van der Waals surface area (Å²) in [7, 11) is 3.15. The topological polar surface area (TPSA) is 83.6 Å². The SMILES string of the molecule is COc1cccc(CN[C@H](Cc2c[nH]c3ccccc23)C(=O)O)c1OC. The number of carbonyl (C=O) groups is 1. The summed E-state index contributed by atoms with van der Waals surface area (Å²) in [5.74, 6) is 0.339. The molecule has 0 bridgehead atoms. The first-order valence-corrected chi connectivity index (χ1v) is 8.35. The van der Waals surface area contributed by atoms with E-state index in [0.29, 0.717) is 24.5 Å². The third-order valence-corrected chi connectivity index (χ3v) is 4.42. The Morgan fingerprint density at radius 1 is 1.12 bits per heavy atom. The first-order valence-electron chi connectivity index (χ1n) is 8.35. The lowest BCUT2D eigenvalue weighted by atomic mass is 10.0. The number of aromatic amines is 1. The number of para-hydroxylation sites is 2. The second-order valence-corrected chi connectivity index (χ2v) is 5.99. The lowest BCUT2D eigenvalue weighted by Crippen LogP contribution is -2.38. The normalized spacial score (nSPS) is 12.1. The highest BCUT2D eigenvalue weighted by atomic mass is 16.5. The van der Waals surface area contributed by atoms with Crippen LogP contribution in [0.4, 0.5) is 0 Å². The summed E-state index contributed by atoms with van der Waals surface area (Å²) in [5.41, 5.74) is 2.82. The Morgan fingerprint density at radius 3 is 2.65 bits per heavy atom. The number of hydrogen-bond donors (Lipinski definition) is 3. The summed E-state index contributed by atoms with van der Waals surface area (Å²) in [6, 6.07) is 12.7. The highest BCUT2D eigenvalue weighted by Gasteiger charge is 2.20. The Labute approximate surface area is 151 Å². The maximum absolute atomic E-state index is 11.7. The molecule has 136 valence electrons. The quantitative estimate of drug-likeness (QED) is 0.579. The third-order valence-electron chi connectivity index (χ3n) is 4.42. The van der Waals surface area contributed by atoms with Gasteiger partial charge >= 0.3 is 5.97 Å². The van der Waals surface area contributed by atoms with Crippen LogP contribution in [0.5, 0.6) is 11.5 Å². The number of H-pyrrole nitrogens is 1. The van der Waals surface area contributed by atoms with Crippen LogP contribution in [0, 0.1) is 0 Å². The van der Waals surface area contributed by atoms with E-state index in [4.69, 9.17) is 9.47 Å². The van der Waals surface area contributed by atoms with Crippen LogP contribution in [0.15, 0.2) is 48.7 Å². The van der Waals surface area contributed by atoms with E-state index >= 15 is 0 Å². The van der Waals surface area contributed by atoms with Crippen molar-refractivity contribution in [3.05, 3.63) is 59.8 Å². The average Bonchev–Trinajstić information content (AvgIpc) is 3.07. The molecule has 0 radical (unpaired) electrons. The molecule has 0 aliphatic carbocycles. The van der Waals surface area contributed by atoms with E-state index in [9.17, 15) is 9.90 Å². The third kappa shape index (κ3) is 3.65. The zero-order chi connectivity index (χ0) is 18.5. The van der Waals surface area contributed by atoms with Crippen molar-refractivity contribution in [1.29, 1.82) is 0 Å². The molecular weight excluding hydrogens is 332 g/mol. The van der Waals surface area contributed by atoms with E-state index in [1.54, 1.807) is 14.2 Å². The molecule has 0 fully saturated rings. The fourth-order valence-corrected chi connectivity index (χ4v) is 3.09. The molecule has 0 aliphatic heterocycles. The van der Waals surface area contributed by atoms with E-state index in [-0.39, 0.29) is 0 Å². The van der Waals surface area contributed by atoms with Crippen molar-refractivity contribution in [2.24, 2.45) is 0 Å². The molecule has 0 unspecified atom stereocenters. The molecule has 0 saturated carbocycles. The molecular formula is C20H22N2O4. The minimum atomic E-state index is -0.892. The van der Waals surface area contributed by atoms with E-state index in [1.165, 1.54) is 0 Å². The number of hydrogen-bond acceptors (Lipinski definition) is 4. The van der Waals surface area contributed by atoms with Gasteiger partial charge in [0.25, 0.3) is 0 Å². The van der Waals surface area contributed by atoms with Gasteiger partial charge in [0.1, 0.15) is 6.04 Å². The molecule has 0 saturated heterocycles. The van der Waals surface area contributed by atoms with Gasteiger partial charge in [-0.05, 0) is 17.7 Å². The number of rotatable bonds is 8. The van der Waals surface area contributed by atoms with Crippen LogP contribution in [0.3, 0.4) is 0 Å². The predicted octanol–water partition coefficient (Wildman–Crippen LogP) is 2.97. The van der Waals surface area contributed by atoms with Gasteiger partial charge in [0.05, 0.1) is 14.2 Å². The molecule has 0 amide bonds. The minimum absolute atomic E-state index is 0.361. The second kappa shape index (κ2) is 7.93. The number of fused-ring (bicyclic) bond motifs is 1. The number of carboxylic acid groups (broad SMARTS) is 1. The Balaban J connectivity index is 1.77. The van der Waals surface area contributed by atoms with Gasteiger partial charge in [0.15, 0.2) is 11.5 Å². The lowest BCUT2D eigenvalue weighted by Gasteiger charge is -2.17. The predicted molar refractivity (Wildman–Crippen MR) is 99.8 cm³/mol. The van der Waals surface area contributed by atoms with Crippen LogP contribution < -0.4 is 14.8 Å². The maximum Gasteiger partial charge on any atom is 0.321 e. The summed E-state index contributed by atoms with van der Waals surface area (Å²) >= 11 is 0. The molecule has 3 aromatic rings. The second-order valence-electron chi connectivity index (χ2n) is 5.99. The first kappa shape index (κ1) is 17.8. The molecule has 1 aromatic heterocycles. The summed E-state index contributed by atoms with van der Waals surface area (Å²) in [6.07, 6.45) is 2.25. The van der Waals surface area contributed by atoms with Crippen LogP contribution in [0.1, 0.15) is 11.1 Å². The molecule has 1 heterocycles. The van der Waals surface area contributed by atoms with E-state index in [2.05, 4.69) is 10.3 Å². The molecule has 6 heteroatoms. The standard InChI is InChI=1S/C20H22N2O4/c1-25-18-9-5-6-13(19(18)26-2)11-22-17(20(23)24)10-14-12-21-16-8-4-3-7-15(14)16/h3-9,12,17,21-22H,10-11H2,1-2H3,(H,23,24)/t17-/m1/s1. The van der Waals surface area contributed by atoms with Gasteiger partial charge in [0, 0.05) is 35.6 Å². The summed E-state index contributed by atoms with van der Waals surface area (Å²) in [4.78, 5) is 14.9.